The van der Waals surface area contributed by atoms with Gasteiger partial charge in [0.25, 0.3) is 11.8 Å². The van der Waals surface area contributed by atoms with Crippen molar-refractivity contribution in [3.63, 3.8) is 0 Å². The average molecular weight is 1200 g/mol. The highest BCUT2D eigenvalue weighted by Crippen LogP contribution is 2.52. The standard InChI is InChI=1S/C66H63F2N15O6/c1-37-10-2-11-38-12-3-14-42(47(37)38)51-49(67)53-44(31-70-51)56(81-26-9-23-66(34-81)58(85)77-60(87)79-66)75-62(73-53)89-36-64-21-7-29-83(64)46(18-24-64)40-17-16-39(30-69)48-41(40)13-4-15-43(48)52-50(68)54-45(32-71-52)55(80-25-8-22-65(33-80)57(84)76-59(86)78-65)74-61(72-54)88-35-63-19-5-27-82(63)28-6-20-63/h2-4,10-17,31-32,46H,5-9,18-29,33-36H2,1H3,(H2,76,78,84,86)(H2,77,79,85,87). The fourth-order valence-corrected chi connectivity index (χ4v) is 16.6. The van der Waals surface area contributed by atoms with Gasteiger partial charge >= 0.3 is 24.1 Å². The van der Waals surface area contributed by atoms with Gasteiger partial charge in [0, 0.05) is 48.0 Å². The summed E-state index contributed by atoms with van der Waals surface area (Å²) in [5, 5.41) is 25.1. The maximum atomic E-state index is 18.0. The number of carbonyl (C=O) groups excluding carboxylic acids is 4. The van der Waals surface area contributed by atoms with E-state index in [-0.39, 0.29) is 65.7 Å². The minimum atomic E-state index is -1.21. The van der Waals surface area contributed by atoms with Gasteiger partial charge in [-0.15, -0.1) is 0 Å². The molecule has 4 aromatic heterocycles. The van der Waals surface area contributed by atoms with E-state index in [1.165, 1.54) is 0 Å². The molecule has 452 valence electrons. The number of nitrogens with one attached hydrogen (secondary N) is 4. The number of ether oxygens (including phenoxy) is 2. The molecule has 4 unspecified atom stereocenters. The Bertz CT molecular complexity index is 4420. The molecule has 0 bridgehead atoms. The van der Waals surface area contributed by atoms with E-state index < -0.39 is 52.1 Å². The van der Waals surface area contributed by atoms with Crippen LogP contribution in [0.15, 0.2) is 79.1 Å². The number of urea groups is 2. The van der Waals surface area contributed by atoms with Crippen LogP contribution in [0.5, 0.6) is 12.0 Å². The summed E-state index contributed by atoms with van der Waals surface area (Å²) in [5.74, 6) is -1.55. The number of hydrogen-bond acceptors (Lipinski definition) is 17. The van der Waals surface area contributed by atoms with E-state index in [0.717, 1.165) is 98.3 Å². The number of fused-ring (bicyclic) bond motifs is 6. The molecule has 8 saturated heterocycles. The third kappa shape index (κ3) is 8.71. The number of anilines is 2. The Balaban J connectivity index is 0.745. The molecule has 16 rings (SSSR count). The van der Waals surface area contributed by atoms with Gasteiger partial charge in [-0.05, 0) is 137 Å². The smallest absolute Gasteiger partial charge is 0.322 e. The van der Waals surface area contributed by atoms with Crippen LogP contribution in [0.1, 0.15) is 99.8 Å². The van der Waals surface area contributed by atoms with Crippen molar-refractivity contribution in [3.05, 3.63) is 107 Å². The zero-order valence-electron chi connectivity index (χ0n) is 49.1. The summed E-state index contributed by atoms with van der Waals surface area (Å²) in [6, 6.07) is 22.1. The first-order valence-electron chi connectivity index (χ1n) is 31.0. The molecular formula is C66H63F2N15O6. The fourth-order valence-electron chi connectivity index (χ4n) is 16.6. The Morgan fingerprint density at radius 2 is 1.15 bits per heavy atom. The molecular weight excluding hydrogens is 1140 g/mol. The van der Waals surface area contributed by atoms with Crippen LogP contribution in [0.2, 0.25) is 0 Å². The molecule has 0 aliphatic carbocycles. The summed E-state index contributed by atoms with van der Waals surface area (Å²) in [4.78, 5) is 89.5. The number of piperidine rings is 2. The lowest BCUT2D eigenvalue weighted by Gasteiger charge is -2.39. The largest absolute Gasteiger partial charge is 0.461 e. The summed E-state index contributed by atoms with van der Waals surface area (Å²) in [5.41, 5.74) is 0.328. The second kappa shape index (κ2) is 20.7. The van der Waals surface area contributed by atoms with Crippen molar-refractivity contribution < 1.29 is 37.4 Å². The van der Waals surface area contributed by atoms with Gasteiger partial charge in [0.1, 0.15) is 58.3 Å². The van der Waals surface area contributed by atoms with Crippen molar-refractivity contribution in [2.75, 3.05) is 68.8 Å². The number of carbonyl (C=O) groups is 4. The number of imide groups is 2. The number of amides is 6. The van der Waals surface area contributed by atoms with E-state index in [9.17, 15) is 24.4 Å². The molecule has 8 fully saturated rings. The first kappa shape index (κ1) is 55.1. The van der Waals surface area contributed by atoms with Crippen molar-refractivity contribution in [2.45, 2.75) is 112 Å². The normalized spacial score (nSPS) is 24.9. The second-order valence-electron chi connectivity index (χ2n) is 25.6. The van der Waals surface area contributed by atoms with Crippen LogP contribution in [0.4, 0.5) is 30.0 Å². The molecule has 8 aromatic rings. The molecule has 8 aliphatic heterocycles. The van der Waals surface area contributed by atoms with Gasteiger partial charge in [0.05, 0.1) is 46.6 Å². The number of hydrogen-bond donors (Lipinski definition) is 4. The number of aromatic nitrogens is 6. The zero-order valence-corrected chi connectivity index (χ0v) is 49.1. The number of nitriles is 1. The van der Waals surface area contributed by atoms with Crippen LogP contribution in [-0.2, 0) is 9.59 Å². The number of pyridine rings is 2. The van der Waals surface area contributed by atoms with Gasteiger partial charge in [-0.25, -0.2) is 18.4 Å². The first-order chi connectivity index (χ1) is 43.3. The maximum absolute atomic E-state index is 18.0. The Hall–Kier alpha value is -9.27. The van der Waals surface area contributed by atoms with Gasteiger partial charge < -0.3 is 29.9 Å². The highest BCUT2D eigenvalue weighted by molar-refractivity contribution is 6.09. The van der Waals surface area contributed by atoms with Crippen molar-refractivity contribution in [1.29, 1.82) is 5.26 Å². The highest BCUT2D eigenvalue weighted by atomic mass is 19.1. The van der Waals surface area contributed by atoms with Crippen molar-refractivity contribution in [2.24, 2.45) is 0 Å². The third-order valence-electron chi connectivity index (χ3n) is 20.7. The molecule has 8 aliphatic rings. The van der Waals surface area contributed by atoms with Crippen LogP contribution in [0.25, 0.3) is 65.9 Å². The maximum Gasteiger partial charge on any atom is 0.322 e. The number of nitrogens with zero attached hydrogens (tertiary/aromatic N) is 11. The molecule has 0 saturated carbocycles. The molecule has 89 heavy (non-hydrogen) atoms. The van der Waals surface area contributed by atoms with Crippen molar-refractivity contribution >= 4 is 78.9 Å². The van der Waals surface area contributed by atoms with E-state index >= 15 is 8.78 Å². The summed E-state index contributed by atoms with van der Waals surface area (Å²) in [7, 11) is 0. The number of aryl methyl sites for hydroxylation is 1. The molecule has 0 radical (unpaired) electrons. The lowest BCUT2D eigenvalue weighted by Crippen LogP contribution is -2.58. The number of halogens is 2. The van der Waals surface area contributed by atoms with Gasteiger partial charge in [0.15, 0.2) is 11.6 Å². The Morgan fingerprint density at radius 1 is 0.607 bits per heavy atom. The Morgan fingerprint density at radius 3 is 1.73 bits per heavy atom. The van der Waals surface area contributed by atoms with E-state index in [4.69, 9.17) is 39.4 Å². The minimum absolute atomic E-state index is 0.00223. The van der Waals surface area contributed by atoms with Crippen LogP contribution in [-0.4, -0.2) is 145 Å². The van der Waals surface area contributed by atoms with Gasteiger partial charge in [-0.3, -0.25) is 40.0 Å². The summed E-state index contributed by atoms with van der Waals surface area (Å²) >= 11 is 0. The molecule has 12 heterocycles. The highest BCUT2D eigenvalue weighted by Gasteiger charge is 2.53. The summed E-state index contributed by atoms with van der Waals surface area (Å²) < 4.78 is 49.0. The topological polar surface area (TPSA) is 249 Å². The summed E-state index contributed by atoms with van der Waals surface area (Å²) in [6.45, 7) is 6.29. The van der Waals surface area contributed by atoms with Crippen LogP contribution in [0, 0.1) is 29.9 Å². The predicted octanol–water partition coefficient (Wildman–Crippen LogP) is 8.57. The molecule has 21 nitrogen and oxygen atoms in total. The monoisotopic (exact) mass is 1200 g/mol. The number of benzene rings is 4. The van der Waals surface area contributed by atoms with E-state index in [0.29, 0.717) is 89.9 Å². The Labute approximate surface area is 509 Å². The quantitative estimate of drug-likeness (QED) is 0.0885. The SMILES string of the molecule is Cc1cccc2cccc(-c3ncc4c(N5CCCC6(C5)NC(=O)NC6=O)nc(OCC56CCCN5C(c5ccc(C#N)c7c(-c8ncc9c(N%10CCCC%11(C%10)NC(=O)NC%11=O)nc(OCC%10%11CCCN%10CCC%11)nc9c8F)cccc57)CC6)nc4c3F)c12. The van der Waals surface area contributed by atoms with E-state index in [1.54, 1.807) is 24.5 Å². The minimum Gasteiger partial charge on any atom is -0.461 e. The van der Waals surface area contributed by atoms with Crippen LogP contribution >= 0.6 is 0 Å². The van der Waals surface area contributed by atoms with E-state index in [2.05, 4.69) is 37.1 Å². The molecule has 2 spiro atoms. The third-order valence-corrected chi connectivity index (χ3v) is 20.7. The second-order valence-corrected chi connectivity index (χ2v) is 25.6. The number of rotatable bonds is 11. The molecule has 6 amide bonds. The van der Waals surface area contributed by atoms with Crippen LogP contribution in [0.3, 0.4) is 0 Å². The average Bonchev–Trinajstić information content (AvgIpc) is 1.98. The van der Waals surface area contributed by atoms with Crippen LogP contribution < -0.4 is 40.5 Å². The van der Waals surface area contributed by atoms with Crippen molar-refractivity contribution in [3.8, 4) is 40.6 Å². The molecule has 4 N–H and O–H groups in total. The molecule has 4 atom stereocenters. The van der Waals surface area contributed by atoms with E-state index in [1.807, 2.05) is 71.3 Å². The molecule has 4 aromatic carbocycles. The first-order valence-corrected chi connectivity index (χ1v) is 31.0. The van der Waals surface area contributed by atoms with Crippen molar-refractivity contribution in [1.82, 2.24) is 61.0 Å². The lowest BCUT2D eigenvalue weighted by molar-refractivity contribution is -0.125. The van der Waals surface area contributed by atoms with Gasteiger partial charge in [-0.2, -0.15) is 25.2 Å². The molecule has 23 heteroatoms. The zero-order chi connectivity index (χ0) is 60.6. The Kier molecular flexibility index (Phi) is 12.8. The van der Waals surface area contributed by atoms with Gasteiger partial charge in [-0.1, -0.05) is 60.7 Å². The van der Waals surface area contributed by atoms with Gasteiger partial charge in [0.2, 0.25) is 0 Å². The fraction of sp³-hybridized carbons (Fsp3) is 0.409. The predicted molar refractivity (Wildman–Crippen MR) is 326 cm³/mol. The lowest BCUT2D eigenvalue weighted by atomic mass is 9.89. The summed E-state index contributed by atoms with van der Waals surface area (Å²) in [6.07, 6.45) is 12.2.